The Hall–Kier alpha value is -6.96. The Bertz CT molecular complexity index is 2510. The fourth-order valence-corrected chi connectivity index (χ4v) is 7.92. The van der Waals surface area contributed by atoms with Crippen molar-refractivity contribution in [3.63, 3.8) is 0 Å². The third-order valence-electron chi connectivity index (χ3n) is 11.2. The molecule has 7 aromatic carbocycles. The smallest absolute Gasteiger partial charge is 0.0462 e. The highest BCUT2D eigenvalue weighted by Gasteiger charge is 2.34. The Kier molecular flexibility index (Phi) is 11.1. The van der Waals surface area contributed by atoms with Gasteiger partial charge in [0, 0.05) is 22.5 Å². The lowest BCUT2D eigenvalue weighted by atomic mass is 9.82. The van der Waals surface area contributed by atoms with Gasteiger partial charge in [-0.1, -0.05) is 190 Å². The maximum absolute atomic E-state index is 3.85. The summed E-state index contributed by atoms with van der Waals surface area (Å²) >= 11 is 0. The summed E-state index contributed by atoms with van der Waals surface area (Å²) in [6.45, 7) is 12.4. The number of rotatable bonds is 13. The molecule has 282 valence electrons. The second kappa shape index (κ2) is 17.0. The van der Waals surface area contributed by atoms with Gasteiger partial charge in [-0.25, -0.2) is 0 Å². The molecule has 0 atom stereocenters. The largest absolute Gasteiger partial charge is 0.311 e. The molecule has 1 nitrogen and oxygen atoms in total. The predicted molar refractivity (Wildman–Crippen MR) is 253 cm³/mol. The first-order valence-corrected chi connectivity index (χ1v) is 20.2. The molecule has 1 heteroatoms. The van der Waals surface area contributed by atoms with E-state index in [-0.39, 0.29) is 5.41 Å². The Balaban J connectivity index is 1.04. The lowest BCUT2D eigenvalue weighted by Gasteiger charge is -2.26. The summed E-state index contributed by atoms with van der Waals surface area (Å²) in [6.07, 6.45) is 18.8. The summed E-state index contributed by atoms with van der Waals surface area (Å²) in [5.41, 5.74) is 18.3. The Morgan fingerprint density at radius 2 is 0.741 bits per heavy atom. The van der Waals surface area contributed by atoms with Crippen molar-refractivity contribution in [2.24, 2.45) is 0 Å². The van der Waals surface area contributed by atoms with Gasteiger partial charge in [-0.05, 0) is 116 Å². The van der Waals surface area contributed by atoms with Crippen LogP contribution in [0.25, 0.3) is 47.6 Å². The number of benzene rings is 7. The summed E-state index contributed by atoms with van der Waals surface area (Å²) in [4.78, 5) is 2.32. The Morgan fingerprint density at radius 3 is 1.16 bits per heavy atom. The van der Waals surface area contributed by atoms with Gasteiger partial charge in [-0.2, -0.15) is 0 Å². The summed E-state index contributed by atoms with van der Waals surface area (Å²) in [6, 6.07) is 59.4. The van der Waals surface area contributed by atoms with E-state index >= 15 is 0 Å². The molecule has 0 fully saturated rings. The monoisotopic (exact) mass is 747 g/mol. The van der Waals surface area contributed by atoms with Crippen molar-refractivity contribution in [2.75, 3.05) is 4.90 Å². The molecule has 0 spiro atoms. The van der Waals surface area contributed by atoms with Gasteiger partial charge in [0.2, 0.25) is 0 Å². The fourth-order valence-electron chi connectivity index (χ4n) is 7.92. The number of nitrogens with zero attached hydrogens (tertiary/aromatic N) is 1. The van der Waals surface area contributed by atoms with Crippen LogP contribution in [0.1, 0.15) is 69.5 Å². The van der Waals surface area contributed by atoms with E-state index in [0.717, 1.165) is 46.6 Å². The number of fused-ring (bicyclic) bond motifs is 3. The molecule has 58 heavy (non-hydrogen) atoms. The van der Waals surface area contributed by atoms with Gasteiger partial charge in [0.1, 0.15) is 0 Å². The van der Waals surface area contributed by atoms with Crippen LogP contribution in [0, 0.1) is 0 Å². The maximum atomic E-state index is 3.85. The average Bonchev–Trinajstić information content (AvgIpc) is 3.49. The van der Waals surface area contributed by atoms with E-state index in [0.29, 0.717) is 0 Å². The van der Waals surface area contributed by atoms with Crippen molar-refractivity contribution in [3.05, 3.63) is 245 Å². The first kappa shape index (κ1) is 37.9. The summed E-state index contributed by atoms with van der Waals surface area (Å²) < 4.78 is 0. The third kappa shape index (κ3) is 8.41. The number of allylic oxidation sites excluding steroid dienone is 2. The molecule has 0 aliphatic heterocycles. The normalized spacial score (nSPS) is 12.9. The molecule has 0 heterocycles. The molecule has 7 aromatic rings. The zero-order valence-electron chi connectivity index (χ0n) is 33.5. The lowest BCUT2D eigenvalue weighted by Crippen LogP contribution is -2.14. The van der Waals surface area contributed by atoms with E-state index in [1.165, 1.54) is 50.1 Å². The third-order valence-corrected chi connectivity index (χ3v) is 11.2. The van der Waals surface area contributed by atoms with Crippen LogP contribution in [0.15, 0.2) is 189 Å². The zero-order chi connectivity index (χ0) is 39.9. The van der Waals surface area contributed by atoms with E-state index in [1.54, 1.807) is 0 Å². The average molecular weight is 748 g/mol. The van der Waals surface area contributed by atoms with Crippen LogP contribution in [0.2, 0.25) is 0 Å². The number of hydrogen-bond acceptors (Lipinski definition) is 1. The molecule has 1 aliphatic rings. The summed E-state index contributed by atoms with van der Waals surface area (Å²) in [5, 5.41) is 0. The van der Waals surface area contributed by atoms with E-state index < -0.39 is 0 Å². The van der Waals surface area contributed by atoms with Gasteiger partial charge < -0.3 is 4.90 Å². The van der Waals surface area contributed by atoms with Crippen LogP contribution >= 0.6 is 0 Å². The molecule has 0 radical (unpaired) electrons. The first-order chi connectivity index (χ1) is 28.4. The Morgan fingerprint density at radius 1 is 0.397 bits per heavy atom. The zero-order valence-corrected chi connectivity index (χ0v) is 33.5. The quantitative estimate of drug-likeness (QED) is 0.0839. The van der Waals surface area contributed by atoms with Gasteiger partial charge in [-0.15, -0.1) is 13.2 Å². The van der Waals surface area contributed by atoms with E-state index in [1.807, 2.05) is 12.2 Å². The van der Waals surface area contributed by atoms with Crippen LogP contribution in [0.4, 0.5) is 17.1 Å². The van der Waals surface area contributed by atoms with Crippen LogP contribution in [-0.2, 0) is 18.3 Å². The van der Waals surface area contributed by atoms with Crippen molar-refractivity contribution >= 4 is 53.5 Å². The molecule has 0 amide bonds. The minimum absolute atomic E-state index is 0.0147. The summed E-state index contributed by atoms with van der Waals surface area (Å²) in [7, 11) is 0. The van der Waals surface area contributed by atoms with Crippen molar-refractivity contribution in [1.82, 2.24) is 0 Å². The standard InChI is InChI=1S/C57H49N/c1-5-9-42-13-17-44(18-14-42)21-23-46-27-34-50(35-28-46)58(51-36-29-47(30-37-51)24-22-45-19-15-43(10-6-2)16-20-45)52-38-31-48(32-39-52)25-26-49-33-40-54-53-11-7-8-12-55(53)57(3,4)56(54)41-49/h5-8,11-41H,1-2,9-10H2,3-4H3/b23-21+,24-22+,26-25+. The molecule has 0 saturated heterocycles. The second-order valence-corrected chi connectivity index (χ2v) is 15.6. The van der Waals surface area contributed by atoms with Crippen LogP contribution in [0.3, 0.4) is 0 Å². The van der Waals surface area contributed by atoms with Crippen molar-refractivity contribution in [3.8, 4) is 11.1 Å². The molecule has 0 saturated carbocycles. The fraction of sp³-hybridized carbons (Fsp3) is 0.0877. The molecular formula is C57H49N. The highest BCUT2D eigenvalue weighted by molar-refractivity contribution is 5.84. The molecular weight excluding hydrogens is 699 g/mol. The van der Waals surface area contributed by atoms with E-state index in [2.05, 4.69) is 232 Å². The van der Waals surface area contributed by atoms with Crippen molar-refractivity contribution < 1.29 is 0 Å². The van der Waals surface area contributed by atoms with Gasteiger partial charge in [0.05, 0.1) is 0 Å². The van der Waals surface area contributed by atoms with Gasteiger partial charge in [-0.3, -0.25) is 0 Å². The van der Waals surface area contributed by atoms with Crippen molar-refractivity contribution in [2.45, 2.75) is 32.1 Å². The number of anilines is 3. The minimum atomic E-state index is -0.0147. The molecule has 0 aromatic heterocycles. The topological polar surface area (TPSA) is 3.24 Å². The van der Waals surface area contributed by atoms with E-state index in [4.69, 9.17) is 0 Å². The molecule has 0 N–H and O–H groups in total. The Labute approximate surface area is 345 Å². The SMILES string of the molecule is C=CCc1ccc(/C=C/c2ccc(N(c3ccc(/C=C/c4ccc(CC=C)cc4)cc3)c3ccc(/C=C/c4ccc5c(c4)C(C)(C)c4ccccc4-5)cc3)cc2)cc1. The molecule has 1 aliphatic carbocycles. The highest BCUT2D eigenvalue weighted by atomic mass is 15.1. The van der Waals surface area contributed by atoms with Gasteiger partial charge in [0.25, 0.3) is 0 Å². The lowest BCUT2D eigenvalue weighted by molar-refractivity contribution is 0.660. The van der Waals surface area contributed by atoms with Crippen LogP contribution in [0.5, 0.6) is 0 Å². The van der Waals surface area contributed by atoms with Gasteiger partial charge >= 0.3 is 0 Å². The first-order valence-electron chi connectivity index (χ1n) is 20.2. The van der Waals surface area contributed by atoms with Gasteiger partial charge in [0.15, 0.2) is 0 Å². The molecule has 0 bridgehead atoms. The highest BCUT2D eigenvalue weighted by Crippen LogP contribution is 2.48. The van der Waals surface area contributed by atoms with Crippen LogP contribution in [-0.4, -0.2) is 0 Å². The summed E-state index contributed by atoms with van der Waals surface area (Å²) in [5.74, 6) is 0. The second-order valence-electron chi connectivity index (χ2n) is 15.6. The molecule has 8 rings (SSSR count). The minimum Gasteiger partial charge on any atom is -0.311 e. The van der Waals surface area contributed by atoms with E-state index in [9.17, 15) is 0 Å². The van der Waals surface area contributed by atoms with Crippen molar-refractivity contribution in [1.29, 1.82) is 0 Å². The molecule has 0 unspecified atom stereocenters. The predicted octanol–water partition coefficient (Wildman–Crippen LogP) is 15.4. The number of hydrogen-bond donors (Lipinski definition) is 0. The van der Waals surface area contributed by atoms with Crippen LogP contribution < -0.4 is 4.90 Å². The maximum Gasteiger partial charge on any atom is 0.0462 e.